The molecule has 0 aliphatic carbocycles. The molecular formula is C28H25FN8. The third kappa shape index (κ3) is 4.40. The molecule has 9 heteroatoms. The molecule has 8 nitrogen and oxygen atoms in total. The Balaban J connectivity index is 1.32. The van der Waals surface area contributed by atoms with E-state index in [0.717, 1.165) is 39.0 Å². The van der Waals surface area contributed by atoms with E-state index in [4.69, 9.17) is 4.98 Å². The van der Waals surface area contributed by atoms with Gasteiger partial charge in [-0.05, 0) is 55.3 Å². The molecule has 4 heterocycles. The molecule has 1 atom stereocenters. The molecule has 0 aliphatic rings. The van der Waals surface area contributed by atoms with E-state index in [1.165, 1.54) is 12.1 Å². The van der Waals surface area contributed by atoms with E-state index in [1.807, 2.05) is 38.6 Å². The maximum absolute atomic E-state index is 13.2. The first kappa shape index (κ1) is 22.8. The van der Waals surface area contributed by atoms with Crippen LogP contribution in [-0.4, -0.2) is 34.3 Å². The number of nitrogens with zero attached hydrogens (tertiary/aromatic N) is 7. The summed E-state index contributed by atoms with van der Waals surface area (Å²) >= 11 is 0. The van der Waals surface area contributed by atoms with Crippen molar-refractivity contribution in [3.63, 3.8) is 0 Å². The zero-order valence-corrected chi connectivity index (χ0v) is 20.7. The van der Waals surface area contributed by atoms with Crippen LogP contribution in [0.25, 0.3) is 33.3 Å². The molecule has 2 aromatic carbocycles. The Morgan fingerprint density at radius 2 is 1.78 bits per heavy atom. The molecule has 37 heavy (non-hydrogen) atoms. The first-order valence-electron chi connectivity index (χ1n) is 12.0. The van der Waals surface area contributed by atoms with Crippen LogP contribution in [0.2, 0.25) is 0 Å². The van der Waals surface area contributed by atoms with Gasteiger partial charge in [0.2, 0.25) is 0 Å². The van der Waals surface area contributed by atoms with Gasteiger partial charge in [0, 0.05) is 42.5 Å². The second-order valence-corrected chi connectivity index (χ2v) is 9.17. The van der Waals surface area contributed by atoms with Crippen LogP contribution in [0.3, 0.4) is 0 Å². The highest BCUT2D eigenvalue weighted by Crippen LogP contribution is 2.29. The number of hydrogen-bond acceptors (Lipinski definition) is 6. The molecule has 1 N–H and O–H groups in total. The lowest BCUT2D eigenvalue weighted by Crippen LogP contribution is -2.10. The Kier molecular flexibility index (Phi) is 5.60. The van der Waals surface area contributed by atoms with Crippen molar-refractivity contribution in [2.75, 3.05) is 5.32 Å². The van der Waals surface area contributed by atoms with E-state index in [1.54, 1.807) is 23.0 Å². The van der Waals surface area contributed by atoms with Crippen molar-refractivity contribution in [1.29, 1.82) is 0 Å². The van der Waals surface area contributed by atoms with Gasteiger partial charge in [0.05, 0.1) is 24.0 Å². The quantitative estimate of drug-likeness (QED) is 0.333. The van der Waals surface area contributed by atoms with Crippen molar-refractivity contribution >= 4 is 28.0 Å². The maximum atomic E-state index is 13.2. The van der Waals surface area contributed by atoms with Crippen LogP contribution in [0, 0.1) is 12.7 Å². The summed E-state index contributed by atoms with van der Waals surface area (Å²) in [7, 11) is 1.90. The largest absolute Gasteiger partial charge is 0.365 e. The molecule has 0 bridgehead atoms. The van der Waals surface area contributed by atoms with E-state index in [0.29, 0.717) is 23.7 Å². The Hall–Kier alpha value is -4.66. The van der Waals surface area contributed by atoms with Crippen molar-refractivity contribution in [2.45, 2.75) is 26.4 Å². The molecular weight excluding hydrogens is 467 g/mol. The molecule has 1 unspecified atom stereocenters. The van der Waals surface area contributed by atoms with Crippen LogP contribution < -0.4 is 5.32 Å². The maximum Gasteiger partial charge on any atom is 0.197 e. The van der Waals surface area contributed by atoms with Crippen molar-refractivity contribution in [2.24, 2.45) is 7.05 Å². The number of hydrogen-bond donors (Lipinski definition) is 1. The number of halogens is 1. The molecule has 0 spiro atoms. The van der Waals surface area contributed by atoms with Crippen molar-refractivity contribution in [3.8, 4) is 11.1 Å². The molecule has 6 aromatic rings. The highest BCUT2D eigenvalue weighted by Gasteiger charge is 2.18. The molecule has 0 saturated carbocycles. The van der Waals surface area contributed by atoms with Gasteiger partial charge in [0.25, 0.3) is 0 Å². The van der Waals surface area contributed by atoms with Crippen LogP contribution in [0.4, 0.5) is 10.2 Å². The van der Waals surface area contributed by atoms with Gasteiger partial charge in [-0.3, -0.25) is 9.67 Å². The lowest BCUT2D eigenvalue weighted by molar-refractivity contribution is 0.627. The van der Waals surface area contributed by atoms with Crippen LogP contribution in [0.5, 0.6) is 0 Å². The van der Waals surface area contributed by atoms with Crippen molar-refractivity contribution < 1.29 is 4.39 Å². The first-order valence-corrected chi connectivity index (χ1v) is 12.0. The average Bonchev–Trinajstić information content (AvgIpc) is 3.49. The highest BCUT2D eigenvalue weighted by molar-refractivity contribution is 5.84. The van der Waals surface area contributed by atoms with Crippen LogP contribution in [0.15, 0.2) is 73.3 Å². The highest BCUT2D eigenvalue weighted by atomic mass is 19.1. The zero-order valence-electron chi connectivity index (χ0n) is 20.7. The van der Waals surface area contributed by atoms with Crippen LogP contribution >= 0.6 is 0 Å². The van der Waals surface area contributed by atoms with Gasteiger partial charge in [0.15, 0.2) is 11.3 Å². The number of pyridine rings is 1. The summed E-state index contributed by atoms with van der Waals surface area (Å²) in [6.45, 7) is 4.61. The monoisotopic (exact) mass is 492 g/mol. The summed E-state index contributed by atoms with van der Waals surface area (Å²) < 4.78 is 17.1. The predicted molar refractivity (Wildman–Crippen MR) is 142 cm³/mol. The predicted octanol–water partition coefficient (Wildman–Crippen LogP) is 5.44. The third-order valence-corrected chi connectivity index (χ3v) is 6.58. The van der Waals surface area contributed by atoms with Crippen LogP contribution in [0.1, 0.15) is 29.9 Å². The number of fused-ring (bicyclic) bond motifs is 2. The second kappa shape index (κ2) is 9.09. The summed E-state index contributed by atoms with van der Waals surface area (Å²) in [4.78, 5) is 18.6. The number of imidazole rings is 1. The van der Waals surface area contributed by atoms with Gasteiger partial charge >= 0.3 is 0 Å². The Morgan fingerprint density at radius 3 is 2.57 bits per heavy atom. The van der Waals surface area contributed by atoms with Gasteiger partial charge < -0.3 is 9.88 Å². The smallest absolute Gasteiger partial charge is 0.197 e. The fourth-order valence-electron chi connectivity index (χ4n) is 4.60. The number of rotatable bonds is 6. The van der Waals surface area contributed by atoms with E-state index < -0.39 is 0 Å². The Bertz CT molecular complexity index is 1740. The second-order valence-electron chi connectivity index (χ2n) is 9.17. The third-order valence-electron chi connectivity index (χ3n) is 6.58. The fourth-order valence-corrected chi connectivity index (χ4v) is 4.60. The molecule has 184 valence electrons. The van der Waals surface area contributed by atoms with E-state index in [9.17, 15) is 4.39 Å². The van der Waals surface area contributed by atoms with Crippen LogP contribution in [-0.2, 0) is 13.6 Å². The van der Waals surface area contributed by atoms with Gasteiger partial charge in [-0.25, -0.2) is 19.3 Å². The number of nitrogens with one attached hydrogen (secondary N) is 1. The van der Waals surface area contributed by atoms with Gasteiger partial charge in [-0.1, -0.05) is 18.2 Å². The number of benzene rings is 2. The minimum absolute atomic E-state index is 0.0295. The Labute approximate surface area is 212 Å². The van der Waals surface area contributed by atoms with Gasteiger partial charge in [0.1, 0.15) is 17.5 Å². The summed E-state index contributed by atoms with van der Waals surface area (Å²) in [5.41, 5.74) is 6.36. The molecule has 6 rings (SSSR count). The minimum Gasteiger partial charge on any atom is -0.365 e. The average molecular weight is 493 g/mol. The number of aryl methyl sites for hydroxylation is 2. The van der Waals surface area contributed by atoms with E-state index in [-0.39, 0.29) is 11.9 Å². The Morgan fingerprint density at radius 1 is 0.946 bits per heavy atom. The molecule has 0 radical (unpaired) electrons. The minimum atomic E-state index is -0.254. The van der Waals surface area contributed by atoms with E-state index in [2.05, 4.69) is 55.1 Å². The molecule has 0 amide bonds. The topological polar surface area (TPSA) is 86.3 Å². The SMILES string of the molecule is Cc1nc2ncc(NCc3ccc(F)cc3)nc2n1C(C)c1ccc2ncc(-c3cnn(C)c3)cc2c1. The summed E-state index contributed by atoms with van der Waals surface area (Å²) in [6, 6.07) is 14.8. The summed E-state index contributed by atoms with van der Waals surface area (Å²) in [5.74, 6) is 1.21. The lowest BCUT2D eigenvalue weighted by Gasteiger charge is -2.17. The zero-order chi connectivity index (χ0) is 25.5. The van der Waals surface area contributed by atoms with Gasteiger partial charge in [-0.2, -0.15) is 5.10 Å². The standard InChI is InChI=1S/C28H25FN8/c1-17(20-6-9-25-21(10-20)11-22(13-30-25)23-14-33-36(3)16-23)37-18(2)34-27-28(37)35-26(15-32-27)31-12-19-4-7-24(29)8-5-19/h4-11,13-17H,12H2,1-3H3,(H,31,35). The summed E-state index contributed by atoms with van der Waals surface area (Å²) in [6.07, 6.45) is 7.38. The lowest BCUT2D eigenvalue weighted by atomic mass is 10.0. The first-order chi connectivity index (χ1) is 17.9. The molecule has 0 saturated heterocycles. The van der Waals surface area contributed by atoms with Gasteiger partial charge in [-0.15, -0.1) is 0 Å². The normalized spacial score (nSPS) is 12.3. The summed E-state index contributed by atoms with van der Waals surface area (Å²) in [5, 5.41) is 8.62. The molecule has 4 aromatic heterocycles. The number of anilines is 1. The number of aromatic nitrogens is 7. The molecule has 0 fully saturated rings. The molecule has 0 aliphatic heterocycles. The van der Waals surface area contributed by atoms with Crippen molar-refractivity contribution in [3.05, 3.63) is 96.1 Å². The van der Waals surface area contributed by atoms with Crippen molar-refractivity contribution in [1.82, 2.24) is 34.3 Å². The fraction of sp³-hybridized carbons (Fsp3) is 0.179. The van der Waals surface area contributed by atoms with E-state index >= 15 is 0 Å².